The van der Waals surface area contributed by atoms with Crippen LogP contribution in [0.1, 0.15) is 40.5 Å². The first-order valence-electron chi connectivity index (χ1n) is 8.25. The number of alkyl halides is 1. The Balaban J connectivity index is 2.40. The van der Waals surface area contributed by atoms with Gasteiger partial charge in [-0.1, -0.05) is 20.8 Å². The molecule has 23 heavy (non-hydrogen) atoms. The molecular formula is C16H30FN3O3. The molecule has 1 aliphatic heterocycles. The van der Waals surface area contributed by atoms with Gasteiger partial charge >= 0.3 is 6.03 Å². The maximum atomic E-state index is 12.0. The zero-order chi connectivity index (χ0) is 17.5. The van der Waals surface area contributed by atoms with Crippen molar-refractivity contribution in [1.29, 1.82) is 0 Å². The molecule has 0 aliphatic carbocycles. The number of carbonyl (C=O) groups is 2. The summed E-state index contributed by atoms with van der Waals surface area (Å²) in [5, 5.41) is 7.76. The van der Waals surface area contributed by atoms with Crippen molar-refractivity contribution in [2.75, 3.05) is 26.4 Å². The van der Waals surface area contributed by atoms with E-state index in [9.17, 15) is 14.0 Å². The highest BCUT2D eigenvalue weighted by Crippen LogP contribution is 2.33. The third-order valence-electron chi connectivity index (χ3n) is 3.96. The minimum atomic E-state index is -0.706. The number of nitrogens with one attached hydrogen (secondary N) is 3. The van der Waals surface area contributed by atoms with Crippen LogP contribution in [0.4, 0.5) is 9.18 Å². The molecule has 1 rings (SSSR count). The number of urea groups is 1. The number of amides is 3. The van der Waals surface area contributed by atoms with Crippen LogP contribution in [0.5, 0.6) is 0 Å². The average Bonchev–Trinajstić information content (AvgIpc) is 2.49. The summed E-state index contributed by atoms with van der Waals surface area (Å²) >= 11 is 0. The largest absolute Gasteiger partial charge is 0.377 e. The predicted octanol–water partition coefficient (Wildman–Crippen LogP) is 1.60. The van der Waals surface area contributed by atoms with Gasteiger partial charge in [0.05, 0.1) is 6.10 Å². The van der Waals surface area contributed by atoms with E-state index in [4.69, 9.17) is 4.74 Å². The van der Waals surface area contributed by atoms with Gasteiger partial charge < -0.3 is 20.7 Å². The molecule has 7 heteroatoms. The monoisotopic (exact) mass is 331 g/mol. The van der Waals surface area contributed by atoms with Gasteiger partial charge in [0.1, 0.15) is 12.7 Å². The molecule has 3 N–H and O–H groups in total. The normalized spacial score (nSPS) is 23.0. The minimum Gasteiger partial charge on any atom is -0.377 e. The molecule has 0 bridgehead atoms. The lowest BCUT2D eigenvalue weighted by molar-refractivity contribution is -0.122. The van der Waals surface area contributed by atoms with E-state index in [1.54, 1.807) is 6.92 Å². The van der Waals surface area contributed by atoms with Crippen LogP contribution in [0.2, 0.25) is 0 Å². The summed E-state index contributed by atoms with van der Waals surface area (Å²) in [5.74, 6) is -0.142. The summed E-state index contributed by atoms with van der Waals surface area (Å²) in [6.45, 7) is 8.56. The van der Waals surface area contributed by atoms with Crippen LogP contribution in [0, 0.1) is 11.3 Å². The van der Waals surface area contributed by atoms with E-state index in [0.717, 1.165) is 19.4 Å². The van der Waals surface area contributed by atoms with Crippen LogP contribution in [0.25, 0.3) is 0 Å². The Morgan fingerprint density at radius 3 is 2.61 bits per heavy atom. The second-order valence-corrected chi connectivity index (χ2v) is 7.12. The highest BCUT2D eigenvalue weighted by Gasteiger charge is 2.35. The van der Waals surface area contributed by atoms with Gasteiger partial charge in [-0.05, 0) is 25.2 Å². The van der Waals surface area contributed by atoms with E-state index in [0.29, 0.717) is 6.54 Å². The highest BCUT2D eigenvalue weighted by molar-refractivity contribution is 5.86. The van der Waals surface area contributed by atoms with Crippen molar-refractivity contribution in [3.05, 3.63) is 0 Å². The molecule has 3 atom stereocenters. The van der Waals surface area contributed by atoms with Gasteiger partial charge in [-0.25, -0.2) is 9.18 Å². The fraction of sp³-hybridized carbons (Fsp3) is 0.875. The molecule has 1 saturated heterocycles. The maximum absolute atomic E-state index is 12.0. The van der Waals surface area contributed by atoms with Crippen LogP contribution in [-0.4, -0.2) is 50.5 Å². The van der Waals surface area contributed by atoms with Gasteiger partial charge in [0.2, 0.25) is 5.91 Å². The van der Waals surface area contributed by atoms with Gasteiger partial charge in [-0.2, -0.15) is 0 Å². The van der Waals surface area contributed by atoms with Gasteiger partial charge in [0.25, 0.3) is 0 Å². The molecule has 0 radical (unpaired) electrons. The molecule has 0 aromatic heterocycles. The summed E-state index contributed by atoms with van der Waals surface area (Å²) in [6, 6.07) is -1.10. The van der Waals surface area contributed by atoms with Crippen molar-refractivity contribution < 1.29 is 18.7 Å². The number of hydrogen-bond acceptors (Lipinski definition) is 3. The Kier molecular flexibility index (Phi) is 7.75. The first-order valence-corrected chi connectivity index (χ1v) is 8.25. The minimum absolute atomic E-state index is 0.0167. The highest BCUT2D eigenvalue weighted by atomic mass is 19.1. The van der Waals surface area contributed by atoms with Gasteiger partial charge in [-0.3, -0.25) is 4.79 Å². The van der Waals surface area contributed by atoms with Crippen molar-refractivity contribution in [2.24, 2.45) is 11.3 Å². The zero-order valence-electron chi connectivity index (χ0n) is 14.6. The topological polar surface area (TPSA) is 79.5 Å². The molecule has 6 nitrogen and oxygen atoms in total. The third kappa shape index (κ3) is 6.72. The van der Waals surface area contributed by atoms with Crippen molar-refractivity contribution in [1.82, 2.24) is 16.0 Å². The van der Waals surface area contributed by atoms with Crippen molar-refractivity contribution in [2.45, 2.75) is 52.7 Å². The molecule has 134 valence electrons. The summed E-state index contributed by atoms with van der Waals surface area (Å²) < 4.78 is 17.9. The lowest BCUT2D eigenvalue weighted by atomic mass is 9.78. The van der Waals surface area contributed by atoms with Gasteiger partial charge in [0, 0.05) is 25.6 Å². The number of hydrogen-bond donors (Lipinski definition) is 3. The van der Waals surface area contributed by atoms with Crippen LogP contribution in [0.15, 0.2) is 0 Å². The van der Waals surface area contributed by atoms with E-state index >= 15 is 0 Å². The second kappa shape index (κ2) is 9.05. The Bertz CT molecular complexity index is 399. The molecule has 3 amide bonds. The first kappa shape index (κ1) is 19.7. The standard InChI is InChI=1S/C16H30FN3O3/c1-11(14(21)18-8-7-17)20-15(22)19-10-12-6-5-9-23-13(12)16(2,3)4/h11-13H,5-10H2,1-4H3,(H,18,21)(H2,19,20,22)/t11-,12+,13-/m0/s1. The fourth-order valence-corrected chi connectivity index (χ4v) is 2.87. The summed E-state index contributed by atoms with van der Waals surface area (Å²) in [7, 11) is 0. The van der Waals surface area contributed by atoms with Crippen molar-refractivity contribution in [3.63, 3.8) is 0 Å². The fourth-order valence-electron chi connectivity index (χ4n) is 2.87. The Hall–Kier alpha value is -1.37. The number of halogens is 1. The predicted molar refractivity (Wildman–Crippen MR) is 86.9 cm³/mol. The summed E-state index contributed by atoms with van der Waals surface area (Å²) in [5.41, 5.74) is 0.0167. The molecule has 0 spiro atoms. The zero-order valence-corrected chi connectivity index (χ0v) is 14.6. The van der Waals surface area contributed by atoms with E-state index in [1.165, 1.54) is 0 Å². The maximum Gasteiger partial charge on any atom is 0.315 e. The molecular weight excluding hydrogens is 301 g/mol. The quantitative estimate of drug-likeness (QED) is 0.692. The van der Waals surface area contributed by atoms with Gasteiger partial charge in [0.15, 0.2) is 0 Å². The van der Waals surface area contributed by atoms with E-state index in [-0.39, 0.29) is 24.0 Å². The summed E-state index contributed by atoms with van der Waals surface area (Å²) in [4.78, 5) is 23.5. The lowest BCUT2D eigenvalue weighted by Crippen LogP contribution is -2.51. The summed E-state index contributed by atoms with van der Waals surface area (Å²) in [6.07, 6.45) is 2.10. The lowest BCUT2D eigenvalue weighted by Gasteiger charge is -2.40. The molecule has 0 aromatic rings. The molecule has 1 aliphatic rings. The third-order valence-corrected chi connectivity index (χ3v) is 3.96. The molecule has 1 fully saturated rings. The number of carbonyl (C=O) groups excluding carboxylic acids is 2. The average molecular weight is 331 g/mol. The van der Waals surface area contributed by atoms with Crippen LogP contribution in [0.3, 0.4) is 0 Å². The van der Waals surface area contributed by atoms with E-state index in [2.05, 4.69) is 36.7 Å². The van der Waals surface area contributed by atoms with Gasteiger partial charge in [-0.15, -0.1) is 0 Å². The van der Waals surface area contributed by atoms with E-state index in [1.807, 2.05) is 0 Å². The number of ether oxygens (including phenoxy) is 1. The van der Waals surface area contributed by atoms with Crippen molar-refractivity contribution in [3.8, 4) is 0 Å². The van der Waals surface area contributed by atoms with Crippen LogP contribution in [-0.2, 0) is 9.53 Å². The SMILES string of the molecule is C[C@H](NC(=O)NC[C@H]1CCCO[C@@H]1C(C)(C)C)C(=O)NCCF. The van der Waals surface area contributed by atoms with Crippen LogP contribution >= 0.6 is 0 Å². The Morgan fingerprint density at radius 2 is 2.00 bits per heavy atom. The molecule has 0 unspecified atom stereocenters. The number of rotatable bonds is 6. The van der Waals surface area contributed by atoms with Crippen molar-refractivity contribution >= 4 is 11.9 Å². The molecule has 0 aromatic carbocycles. The first-order chi connectivity index (χ1) is 10.8. The Labute approximate surface area is 137 Å². The molecule has 0 saturated carbocycles. The van der Waals surface area contributed by atoms with E-state index < -0.39 is 24.7 Å². The molecule has 1 heterocycles. The Morgan fingerprint density at radius 1 is 1.30 bits per heavy atom. The second-order valence-electron chi connectivity index (χ2n) is 7.12. The van der Waals surface area contributed by atoms with Crippen LogP contribution < -0.4 is 16.0 Å². The smallest absolute Gasteiger partial charge is 0.315 e.